The van der Waals surface area contributed by atoms with Gasteiger partial charge in [-0.05, 0) is 24.8 Å². The van der Waals surface area contributed by atoms with Crippen LogP contribution in [0.25, 0.3) is 0 Å². The summed E-state index contributed by atoms with van der Waals surface area (Å²) in [5.74, 6) is 0.520. The third kappa shape index (κ3) is 2.87. The van der Waals surface area contributed by atoms with Crippen molar-refractivity contribution in [3.05, 3.63) is 18.0 Å². The third-order valence-corrected chi connectivity index (χ3v) is 3.12. The molecule has 17 heavy (non-hydrogen) atoms. The van der Waals surface area contributed by atoms with Crippen LogP contribution in [0.5, 0.6) is 0 Å². The number of halogens is 3. The van der Waals surface area contributed by atoms with E-state index in [0.717, 1.165) is 31.5 Å². The number of nitrogens with one attached hydrogen (secondary N) is 1. The van der Waals surface area contributed by atoms with Crippen molar-refractivity contribution in [2.24, 2.45) is 5.92 Å². The van der Waals surface area contributed by atoms with Crippen LogP contribution in [-0.4, -0.2) is 16.0 Å². The topological polar surface area (TPSA) is 37.8 Å². The maximum Gasteiger partial charge on any atom is 0.433 e. The van der Waals surface area contributed by atoms with Crippen molar-refractivity contribution in [1.29, 1.82) is 0 Å². The molecule has 1 aromatic rings. The molecule has 0 spiro atoms. The lowest BCUT2D eigenvalue weighted by atomic mass is 10.1. The summed E-state index contributed by atoms with van der Waals surface area (Å²) in [5, 5.41) is 2.98. The molecule has 0 saturated heterocycles. The predicted octanol–water partition coefficient (Wildman–Crippen LogP) is 3.10. The van der Waals surface area contributed by atoms with Crippen molar-refractivity contribution in [1.82, 2.24) is 9.97 Å². The smallest absolute Gasteiger partial charge is 0.351 e. The molecule has 1 aliphatic carbocycles. The summed E-state index contributed by atoms with van der Waals surface area (Å²) in [4.78, 5) is 7.32. The van der Waals surface area contributed by atoms with E-state index in [1.54, 1.807) is 0 Å². The minimum atomic E-state index is -4.42. The first kappa shape index (κ1) is 12.1. The molecule has 0 aromatic carbocycles. The van der Waals surface area contributed by atoms with E-state index in [-0.39, 0.29) is 12.0 Å². The van der Waals surface area contributed by atoms with Crippen LogP contribution in [0.15, 0.2) is 12.3 Å². The monoisotopic (exact) mass is 245 g/mol. The van der Waals surface area contributed by atoms with Gasteiger partial charge in [-0.25, -0.2) is 9.97 Å². The lowest BCUT2D eigenvalue weighted by molar-refractivity contribution is -0.141. The number of hydrogen-bond acceptors (Lipinski definition) is 3. The lowest BCUT2D eigenvalue weighted by Gasteiger charge is -2.17. The Labute approximate surface area is 97.5 Å². The fourth-order valence-corrected chi connectivity index (χ4v) is 2.11. The molecule has 0 radical (unpaired) electrons. The highest BCUT2D eigenvalue weighted by molar-refractivity contribution is 5.28. The van der Waals surface area contributed by atoms with Gasteiger partial charge in [0.25, 0.3) is 0 Å². The van der Waals surface area contributed by atoms with Gasteiger partial charge < -0.3 is 5.32 Å². The number of nitrogens with zero attached hydrogens (tertiary/aromatic N) is 2. The van der Waals surface area contributed by atoms with E-state index in [1.807, 2.05) is 0 Å². The van der Waals surface area contributed by atoms with Crippen molar-refractivity contribution in [2.45, 2.75) is 38.4 Å². The van der Waals surface area contributed by atoms with E-state index in [9.17, 15) is 13.2 Å². The summed E-state index contributed by atoms with van der Waals surface area (Å²) >= 11 is 0. The predicted molar refractivity (Wildman–Crippen MR) is 57.5 cm³/mol. The fourth-order valence-electron chi connectivity index (χ4n) is 2.11. The Morgan fingerprint density at radius 3 is 2.71 bits per heavy atom. The van der Waals surface area contributed by atoms with Crippen LogP contribution in [0.4, 0.5) is 19.1 Å². The van der Waals surface area contributed by atoms with Crippen LogP contribution < -0.4 is 5.32 Å². The van der Waals surface area contributed by atoms with Crippen molar-refractivity contribution in [2.75, 3.05) is 5.32 Å². The minimum absolute atomic E-state index is 0.0681. The number of aromatic nitrogens is 2. The van der Waals surface area contributed by atoms with E-state index < -0.39 is 11.9 Å². The average Bonchev–Trinajstić information content (AvgIpc) is 2.64. The maximum absolute atomic E-state index is 12.4. The van der Waals surface area contributed by atoms with Gasteiger partial charge >= 0.3 is 6.18 Å². The quantitative estimate of drug-likeness (QED) is 0.870. The molecule has 6 heteroatoms. The summed E-state index contributed by atoms with van der Waals surface area (Å²) in [6, 6.07) is 1.06. The molecule has 0 amide bonds. The molecule has 1 heterocycles. The zero-order valence-electron chi connectivity index (χ0n) is 9.46. The highest BCUT2D eigenvalue weighted by Crippen LogP contribution is 2.29. The lowest BCUT2D eigenvalue weighted by Crippen LogP contribution is -2.24. The highest BCUT2D eigenvalue weighted by Gasteiger charge is 2.33. The normalized spacial score (nSPS) is 24.9. The van der Waals surface area contributed by atoms with Crippen LogP contribution in [0.2, 0.25) is 0 Å². The van der Waals surface area contributed by atoms with E-state index in [4.69, 9.17) is 0 Å². The highest BCUT2D eigenvalue weighted by atomic mass is 19.4. The molecule has 1 aromatic heterocycles. The van der Waals surface area contributed by atoms with Crippen molar-refractivity contribution < 1.29 is 13.2 Å². The van der Waals surface area contributed by atoms with Crippen LogP contribution in [0.1, 0.15) is 31.9 Å². The molecular formula is C11H14F3N3. The summed E-state index contributed by atoms with van der Waals surface area (Å²) in [6.45, 7) is 2.08. The molecule has 0 bridgehead atoms. The molecule has 1 saturated carbocycles. The molecule has 0 unspecified atom stereocenters. The zero-order valence-corrected chi connectivity index (χ0v) is 9.46. The zero-order chi connectivity index (χ0) is 12.5. The van der Waals surface area contributed by atoms with Crippen LogP contribution >= 0.6 is 0 Å². The van der Waals surface area contributed by atoms with Gasteiger partial charge in [-0.2, -0.15) is 13.2 Å². The summed E-state index contributed by atoms with van der Waals surface area (Å²) < 4.78 is 37.3. The second-order valence-electron chi connectivity index (χ2n) is 4.42. The maximum atomic E-state index is 12.4. The van der Waals surface area contributed by atoms with E-state index in [1.165, 1.54) is 0 Å². The number of anilines is 1. The van der Waals surface area contributed by atoms with Gasteiger partial charge in [-0.1, -0.05) is 13.3 Å². The Hall–Kier alpha value is -1.33. The Kier molecular flexibility index (Phi) is 3.22. The molecule has 1 fully saturated rings. The van der Waals surface area contributed by atoms with Crippen molar-refractivity contribution >= 4 is 5.95 Å². The average molecular weight is 245 g/mol. The molecule has 1 aliphatic rings. The molecular weight excluding hydrogens is 231 g/mol. The first-order valence-corrected chi connectivity index (χ1v) is 5.63. The van der Waals surface area contributed by atoms with Gasteiger partial charge in [0.1, 0.15) is 5.69 Å². The SMILES string of the molecule is C[C@H]1CCC[C@H]1Nc1nccc(C(F)(F)F)n1. The Bertz CT molecular complexity index is 392. The van der Waals surface area contributed by atoms with Gasteiger partial charge in [0, 0.05) is 12.2 Å². The standard InChI is InChI=1S/C11H14F3N3/c1-7-3-2-4-8(7)16-10-15-6-5-9(17-10)11(12,13)14/h5-8H,2-4H2,1H3,(H,15,16,17)/t7-,8+/m0/s1. The van der Waals surface area contributed by atoms with Gasteiger partial charge in [0.05, 0.1) is 0 Å². The minimum Gasteiger partial charge on any atom is -0.351 e. The van der Waals surface area contributed by atoms with Gasteiger partial charge in [-0.3, -0.25) is 0 Å². The number of rotatable bonds is 2. The molecule has 94 valence electrons. The van der Waals surface area contributed by atoms with E-state index in [2.05, 4.69) is 22.2 Å². The summed E-state index contributed by atoms with van der Waals surface area (Å²) in [7, 11) is 0. The van der Waals surface area contributed by atoms with Crippen molar-refractivity contribution in [3.8, 4) is 0 Å². The first-order chi connectivity index (χ1) is 7.97. The molecule has 0 aliphatic heterocycles. The summed E-state index contributed by atoms with van der Waals surface area (Å²) in [5.41, 5.74) is -0.902. The van der Waals surface area contributed by atoms with Gasteiger partial charge in [0.2, 0.25) is 5.95 Å². The second kappa shape index (κ2) is 4.50. The number of hydrogen-bond donors (Lipinski definition) is 1. The van der Waals surface area contributed by atoms with Crippen LogP contribution in [0, 0.1) is 5.92 Å². The van der Waals surface area contributed by atoms with Crippen LogP contribution in [-0.2, 0) is 6.18 Å². The third-order valence-electron chi connectivity index (χ3n) is 3.12. The summed E-state index contributed by atoms with van der Waals surface area (Å²) in [6.07, 6.45) is -0.131. The van der Waals surface area contributed by atoms with Gasteiger partial charge in [-0.15, -0.1) is 0 Å². The largest absolute Gasteiger partial charge is 0.433 e. The first-order valence-electron chi connectivity index (χ1n) is 5.63. The molecule has 2 rings (SSSR count). The molecule has 2 atom stereocenters. The number of alkyl halides is 3. The molecule has 1 N–H and O–H groups in total. The molecule has 3 nitrogen and oxygen atoms in total. The Morgan fingerprint density at radius 2 is 2.12 bits per heavy atom. The fraction of sp³-hybridized carbons (Fsp3) is 0.636. The van der Waals surface area contributed by atoms with Gasteiger partial charge in [0.15, 0.2) is 0 Å². The Balaban J connectivity index is 2.11. The Morgan fingerprint density at radius 1 is 1.35 bits per heavy atom. The second-order valence-corrected chi connectivity index (χ2v) is 4.42. The van der Waals surface area contributed by atoms with Crippen molar-refractivity contribution in [3.63, 3.8) is 0 Å². The van der Waals surface area contributed by atoms with Crippen LogP contribution in [0.3, 0.4) is 0 Å². The van der Waals surface area contributed by atoms with E-state index >= 15 is 0 Å². The van der Waals surface area contributed by atoms with E-state index in [0.29, 0.717) is 5.92 Å².